The van der Waals surface area contributed by atoms with Gasteiger partial charge in [-0.05, 0) is 23.9 Å². The molecule has 27 heavy (non-hydrogen) atoms. The molecule has 5 heteroatoms. The van der Waals surface area contributed by atoms with Crippen molar-refractivity contribution < 1.29 is 19.4 Å². The summed E-state index contributed by atoms with van der Waals surface area (Å²) in [5, 5.41) is 11.8. The van der Waals surface area contributed by atoms with Gasteiger partial charge in [-0.15, -0.1) is 0 Å². The van der Waals surface area contributed by atoms with Crippen molar-refractivity contribution in [3.63, 3.8) is 0 Å². The number of hydrogen-bond donors (Lipinski definition) is 1. The SMILES string of the molecule is C[C@H](OC(=O)c1ccc2ccccc2c1O)C(=O)N(C)Cc1ccccc1. The van der Waals surface area contributed by atoms with E-state index >= 15 is 0 Å². The van der Waals surface area contributed by atoms with Crippen molar-refractivity contribution in [2.45, 2.75) is 19.6 Å². The summed E-state index contributed by atoms with van der Waals surface area (Å²) in [4.78, 5) is 26.5. The van der Waals surface area contributed by atoms with E-state index in [9.17, 15) is 14.7 Å². The summed E-state index contributed by atoms with van der Waals surface area (Å²) in [6, 6.07) is 20.0. The molecule has 0 aromatic heterocycles. The number of benzene rings is 3. The number of ether oxygens (including phenoxy) is 1. The molecule has 1 N–H and O–H groups in total. The number of fused-ring (bicyclic) bond motifs is 1. The third-order valence-electron chi connectivity index (χ3n) is 4.39. The maximum absolute atomic E-state index is 12.5. The van der Waals surface area contributed by atoms with Gasteiger partial charge in [-0.2, -0.15) is 0 Å². The number of carbonyl (C=O) groups excluding carboxylic acids is 2. The van der Waals surface area contributed by atoms with Crippen LogP contribution in [0.15, 0.2) is 66.7 Å². The van der Waals surface area contributed by atoms with Crippen molar-refractivity contribution >= 4 is 22.6 Å². The summed E-state index contributed by atoms with van der Waals surface area (Å²) in [6.07, 6.45) is -0.961. The lowest BCUT2D eigenvalue weighted by atomic mass is 10.1. The van der Waals surface area contributed by atoms with Gasteiger partial charge in [0.1, 0.15) is 11.3 Å². The van der Waals surface area contributed by atoms with Gasteiger partial charge in [-0.25, -0.2) is 4.79 Å². The first kappa shape index (κ1) is 18.5. The number of aromatic hydroxyl groups is 1. The van der Waals surface area contributed by atoms with Crippen LogP contribution in [0.1, 0.15) is 22.8 Å². The molecule has 0 heterocycles. The van der Waals surface area contributed by atoms with Crippen molar-refractivity contribution in [2.24, 2.45) is 0 Å². The van der Waals surface area contributed by atoms with Crippen LogP contribution in [-0.2, 0) is 16.1 Å². The lowest BCUT2D eigenvalue weighted by Crippen LogP contribution is -2.37. The number of esters is 1. The van der Waals surface area contributed by atoms with Crippen molar-refractivity contribution in [1.82, 2.24) is 4.90 Å². The van der Waals surface area contributed by atoms with Crippen molar-refractivity contribution in [3.8, 4) is 5.75 Å². The predicted octanol–water partition coefficient (Wildman–Crippen LogP) is 3.75. The Balaban J connectivity index is 1.70. The summed E-state index contributed by atoms with van der Waals surface area (Å²) in [6.45, 7) is 1.95. The molecule has 3 aromatic rings. The average molecular weight is 363 g/mol. The molecule has 0 bridgehead atoms. The maximum Gasteiger partial charge on any atom is 0.342 e. The molecule has 0 saturated carbocycles. The normalized spacial score (nSPS) is 11.8. The molecule has 5 nitrogen and oxygen atoms in total. The summed E-state index contributed by atoms with van der Waals surface area (Å²) >= 11 is 0. The topological polar surface area (TPSA) is 66.8 Å². The quantitative estimate of drug-likeness (QED) is 0.701. The van der Waals surface area contributed by atoms with Crippen LogP contribution in [0.4, 0.5) is 0 Å². The Labute approximate surface area is 157 Å². The lowest BCUT2D eigenvalue weighted by molar-refractivity contribution is -0.139. The molecule has 0 spiro atoms. The third-order valence-corrected chi connectivity index (χ3v) is 4.39. The van der Waals surface area contributed by atoms with Gasteiger partial charge in [0.15, 0.2) is 6.10 Å². The zero-order valence-corrected chi connectivity index (χ0v) is 15.3. The van der Waals surface area contributed by atoms with Gasteiger partial charge >= 0.3 is 5.97 Å². The predicted molar refractivity (Wildman–Crippen MR) is 103 cm³/mol. The van der Waals surface area contributed by atoms with E-state index < -0.39 is 12.1 Å². The van der Waals surface area contributed by atoms with Crippen molar-refractivity contribution in [3.05, 3.63) is 77.9 Å². The van der Waals surface area contributed by atoms with Crippen LogP contribution in [-0.4, -0.2) is 35.0 Å². The smallest absolute Gasteiger partial charge is 0.342 e. The first-order chi connectivity index (χ1) is 13.0. The zero-order valence-electron chi connectivity index (χ0n) is 15.3. The number of phenolic OH excluding ortho intramolecular Hbond substituents is 1. The Bertz CT molecular complexity index is 968. The van der Waals surface area contributed by atoms with E-state index in [2.05, 4.69) is 0 Å². The average Bonchev–Trinajstić information content (AvgIpc) is 2.68. The highest BCUT2D eigenvalue weighted by molar-refractivity contribution is 6.01. The molecule has 0 saturated heterocycles. The number of carbonyl (C=O) groups is 2. The van der Waals surface area contributed by atoms with Gasteiger partial charge in [0.2, 0.25) is 0 Å². The van der Waals surface area contributed by atoms with E-state index in [1.807, 2.05) is 42.5 Å². The second-order valence-corrected chi connectivity index (χ2v) is 6.41. The van der Waals surface area contributed by atoms with Gasteiger partial charge in [-0.1, -0.05) is 60.7 Å². The minimum Gasteiger partial charge on any atom is -0.506 e. The molecule has 0 unspecified atom stereocenters. The van der Waals surface area contributed by atoms with Gasteiger partial charge < -0.3 is 14.7 Å². The number of likely N-dealkylation sites (N-methyl/N-ethyl adjacent to an activating group) is 1. The number of rotatable bonds is 5. The molecule has 0 radical (unpaired) electrons. The second-order valence-electron chi connectivity index (χ2n) is 6.41. The van der Waals surface area contributed by atoms with Crippen LogP contribution in [0.2, 0.25) is 0 Å². The number of phenols is 1. The molecular formula is C22H21NO4. The molecule has 0 fully saturated rings. The van der Waals surface area contributed by atoms with Crippen LogP contribution >= 0.6 is 0 Å². The van der Waals surface area contributed by atoms with Crippen LogP contribution < -0.4 is 0 Å². The Morgan fingerprint density at radius 2 is 1.67 bits per heavy atom. The minimum atomic E-state index is -0.961. The van der Waals surface area contributed by atoms with E-state index in [4.69, 9.17) is 4.74 Å². The fourth-order valence-electron chi connectivity index (χ4n) is 2.94. The summed E-state index contributed by atoms with van der Waals surface area (Å²) in [5.74, 6) is -1.19. The Morgan fingerprint density at radius 1 is 1.00 bits per heavy atom. The Hall–Kier alpha value is -3.34. The second kappa shape index (κ2) is 7.91. The fraction of sp³-hybridized carbons (Fsp3) is 0.182. The highest BCUT2D eigenvalue weighted by atomic mass is 16.5. The highest BCUT2D eigenvalue weighted by Crippen LogP contribution is 2.29. The van der Waals surface area contributed by atoms with Crippen LogP contribution in [0.3, 0.4) is 0 Å². The van der Waals surface area contributed by atoms with Crippen LogP contribution in [0.5, 0.6) is 5.75 Å². The van der Waals surface area contributed by atoms with Crippen molar-refractivity contribution in [1.29, 1.82) is 0 Å². The van der Waals surface area contributed by atoms with E-state index in [0.717, 1.165) is 10.9 Å². The first-order valence-corrected chi connectivity index (χ1v) is 8.68. The molecule has 0 aliphatic heterocycles. The molecule has 0 aliphatic rings. The Morgan fingerprint density at radius 3 is 2.41 bits per heavy atom. The molecule has 3 aromatic carbocycles. The summed E-state index contributed by atoms with van der Waals surface area (Å²) < 4.78 is 5.30. The molecular weight excluding hydrogens is 342 g/mol. The molecule has 1 atom stereocenters. The first-order valence-electron chi connectivity index (χ1n) is 8.68. The molecule has 1 amide bonds. The van der Waals surface area contributed by atoms with Crippen LogP contribution in [0, 0.1) is 0 Å². The zero-order chi connectivity index (χ0) is 19.4. The van der Waals surface area contributed by atoms with Crippen molar-refractivity contribution in [2.75, 3.05) is 7.05 Å². The van der Waals surface area contributed by atoms with Crippen LogP contribution in [0.25, 0.3) is 10.8 Å². The van der Waals surface area contributed by atoms with E-state index in [1.165, 1.54) is 17.9 Å². The summed E-state index contributed by atoms with van der Waals surface area (Å²) in [7, 11) is 1.66. The maximum atomic E-state index is 12.5. The summed E-state index contributed by atoms with van der Waals surface area (Å²) in [5.41, 5.74) is 1.03. The van der Waals surface area contributed by atoms with E-state index in [-0.39, 0.29) is 17.2 Å². The standard InChI is InChI=1S/C22H21NO4/c1-15(21(25)23(2)14-16-8-4-3-5-9-16)27-22(26)19-13-12-17-10-6-7-11-18(17)20(19)24/h3-13,15,24H,14H2,1-2H3/t15-/m0/s1. The monoisotopic (exact) mass is 363 g/mol. The number of nitrogens with zero attached hydrogens (tertiary/aromatic N) is 1. The number of amides is 1. The van der Waals surface area contributed by atoms with Gasteiger partial charge in [0, 0.05) is 19.0 Å². The lowest BCUT2D eigenvalue weighted by Gasteiger charge is -2.21. The third kappa shape index (κ3) is 4.08. The number of hydrogen-bond acceptors (Lipinski definition) is 4. The van der Waals surface area contributed by atoms with Gasteiger partial charge in [0.05, 0.1) is 0 Å². The fourth-order valence-corrected chi connectivity index (χ4v) is 2.94. The molecule has 3 rings (SSSR count). The molecule has 138 valence electrons. The van der Waals surface area contributed by atoms with E-state index in [0.29, 0.717) is 11.9 Å². The molecule has 0 aliphatic carbocycles. The largest absolute Gasteiger partial charge is 0.506 e. The Kier molecular flexibility index (Phi) is 5.41. The highest BCUT2D eigenvalue weighted by Gasteiger charge is 2.24. The van der Waals surface area contributed by atoms with Gasteiger partial charge in [-0.3, -0.25) is 4.79 Å². The minimum absolute atomic E-state index is 0.0408. The van der Waals surface area contributed by atoms with Gasteiger partial charge in [0.25, 0.3) is 5.91 Å². The van der Waals surface area contributed by atoms with E-state index in [1.54, 1.807) is 25.2 Å².